The van der Waals surface area contributed by atoms with Gasteiger partial charge in [0.25, 0.3) is 5.56 Å². The Labute approximate surface area is 185 Å². The lowest BCUT2D eigenvalue weighted by atomic mass is 9.99. The molecule has 0 atom stereocenters. The minimum absolute atomic E-state index is 0.250. The second-order valence-electron chi connectivity index (χ2n) is 7.97. The van der Waals surface area contributed by atoms with Gasteiger partial charge in [0, 0.05) is 31.0 Å². The summed E-state index contributed by atoms with van der Waals surface area (Å²) in [4.78, 5) is 24.2. The minimum atomic E-state index is -0.250. The summed E-state index contributed by atoms with van der Waals surface area (Å²) in [6.07, 6.45) is 2.62. The first kappa shape index (κ1) is 20.0. The zero-order valence-electron chi connectivity index (χ0n) is 18.0. The number of nitrogens with one attached hydrogen (secondary N) is 1. The Bertz CT molecular complexity index is 1370. The van der Waals surface area contributed by atoms with E-state index in [1.54, 1.807) is 13.3 Å². The van der Waals surface area contributed by atoms with Crippen LogP contribution in [0.1, 0.15) is 11.1 Å². The van der Waals surface area contributed by atoms with Crippen LogP contribution in [0.4, 0.5) is 17.3 Å². The van der Waals surface area contributed by atoms with Crippen LogP contribution < -0.4 is 21.3 Å². The number of para-hydroxylation sites is 1. The van der Waals surface area contributed by atoms with E-state index in [1.165, 1.54) is 21.8 Å². The van der Waals surface area contributed by atoms with Crippen LogP contribution in [-0.2, 0) is 13.0 Å². The minimum Gasteiger partial charge on any atom is -0.495 e. The van der Waals surface area contributed by atoms with Crippen LogP contribution in [0.15, 0.2) is 59.5 Å². The van der Waals surface area contributed by atoms with Crippen molar-refractivity contribution in [3.63, 3.8) is 0 Å². The predicted molar refractivity (Wildman–Crippen MR) is 126 cm³/mol. The van der Waals surface area contributed by atoms with Gasteiger partial charge in [0.2, 0.25) is 5.95 Å². The maximum atomic E-state index is 12.8. The highest BCUT2D eigenvalue weighted by Gasteiger charge is 2.18. The van der Waals surface area contributed by atoms with Crippen LogP contribution >= 0.6 is 0 Å². The van der Waals surface area contributed by atoms with E-state index in [0.29, 0.717) is 28.4 Å². The maximum Gasteiger partial charge on any atom is 0.258 e. The van der Waals surface area contributed by atoms with Gasteiger partial charge < -0.3 is 20.7 Å². The Morgan fingerprint density at radius 1 is 1.12 bits per heavy atom. The number of nitrogen functional groups attached to an aromatic ring is 1. The fraction of sp³-hybridized carbons (Fsp3) is 0.208. The number of hydrogen-bond donors (Lipinski definition) is 2. The molecule has 0 bridgehead atoms. The van der Waals surface area contributed by atoms with E-state index < -0.39 is 0 Å². The lowest BCUT2D eigenvalue weighted by molar-refractivity contribution is 0.312. The Hall–Kier alpha value is -3.91. The van der Waals surface area contributed by atoms with Crippen molar-refractivity contribution in [3.05, 3.63) is 76.2 Å². The number of fused-ring (bicyclic) bond motifs is 2. The molecule has 3 heterocycles. The number of nitrogens with two attached hydrogens (primary N) is 1. The molecule has 5 rings (SSSR count). The van der Waals surface area contributed by atoms with Crippen LogP contribution in [-0.4, -0.2) is 40.1 Å². The van der Waals surface area contributed by atoms with E-state index in [-0.39, 0.29) is 5.56 Å². The molecule has 0 fully saturated rings. The number of likely N-dealkylation sites (N-methyl/N-ethyl adjacent to an activating group) is 1. The molecular weight excluding hydrogens is 404 g/mol. The molecule has 0 radical (unpaired) electrons. The van der Waals surface area contributed by atoms with Crippen molar-refractivity contribution < 1.29 is 4.74 Å². The second-order valence-corrected chi connectivity index (χ2v) is 7.97. The lowest BCUT2D eigenvalue weighted by Crippen LogP contribution is -2.26. The molecule has 8 heteroatoms. The molecule has 0 unspecified atom stereocenters. The van der Waals surface area contributed by atoms with Crippen molar-refractivity contribution in [1.29, 1.82) is 0 Å². The molecule has 0 amide bonds. The summed E-state index contributed by atoms with van der Waals surface area (Å²) < 4.78 is 7.16. The van der Waals surface area contributed by atoms with Crippen LogP contribution in [0.25, 0.3) is 16.7 Å². The Kier molecular flexibility index (Phi) is 4.99. The highest BCUT2D eigenvalue weighted by molar-refractivity contribution is 5.88. The third kappa shape index (κ3) is 3.54. The molecule has 0 saturated heterocycles. The van der Waals surface area contributed by atoms with E-state index in [1.807, 2.05) is 30.3 Å². The lowest BCUT2D eigenvalue weighted by Gasteiger charge is -2.26. The summed E-state index contributed by atoms with van der Waals surface area (Å²) in [5.41, 5.74) is 10.7. The highest BCUT2D eigenvalue weighted by Crippen LogP contribution is 2.33. The molecular formula is C24H24N6O2. The molecule has 0 spiro atoms. The Morgan fingerprint density at radius 3 is 2.72 bits per heavy atom. The van der Waals surface area contributed by atoms with E-state index in [2.05, 4.69) is 39.4 Å². The van der Waals surface area contributed by atoms with Gasteiger partial charge in [-0.25, -0.2) is 4.98 Å². The Balaban J connectivity index is 1.62. The topological polar surface area (TPSA) is 98.3 Å². The van der Waals surface area contributed by atoms with Crippen molar-refractivity contribution in [2.75, 3.05) is 31.8 Å². The number of methoxy groups -OCH3 is 1. The first-order valence-electron chi connectivity index (χ1n) is 10.4. The van der Waals surface area contributed by atoms with Gasteiger partial charge in [0.15, 0.2) is 5.65 Å². The van der Waals surface area contributed by atoms with Gasteiger partial charge >= 0.3 is 0 Å². The number of hydrogen-bond acceptors (Lipinski definition) is 7. The molecule has 4 aromatic rings. The summed E-state index contributed by atoms with van der Waals surface area (Å²) in [5.74, 6) is 1.08. The van der Waals surface area contributed by atoms with Crippen molar-refractivity contribution in [2.24, 2.45) is 0 Å². The summed E-state index contributed by atoms with van der Waals surface area (Å²) in [6, 6.07) is 14.9. The summed E-state index contributed by atoms with van der Waals surface area (Å²) >= 11 is 0. The molecule has 162 valence electrons. The largest absolute Gasteiger partial charge is 0.495 e. The van der Waals surface area contributed by atoms with Gasteiger partial charge in [-0.3, -0.25) is 9.36 Å². The zero-order chi connectivity index (χ0) is 22.2. The average molecular weight is 428 g/mol. The van der Waals surface area contributed by atoms with Gasteiger partial charge in [-0.15, -0.1) is 0 Å². The van der Waals surface area contributed by atoms with Crippen molar-refractivity contribution in [1.82, 2.24) is 19.4 Å². The van der Waals surface area contributed by atoms with Gasteiger partial charge in [0.1, 0.15) is 5.75 Å². The third-order valence-electron chi connectivity index (χ3n) is 5.78. The predicted octanol–water partition coefficient (Wildman–Crippen LogP) is 3.10. The van der Waals surface area contributed by atoms with Gasteiger partial charge in [-0.1, -0.05) is 18.2 Å². The monoisotopic (exact) mass is 428 g/mol. The smallest absolute Gasteiger partial charge is 0.258 e. The normalized spacial score (nSPS) is 13.7. The van der Waals surface area contributed by atoms with Gasteiger partial charge in [-0.2, -0.15) is 4.98 Å². The number of ether oxygens (including phenoxy) is 1. The fourth-order valence-electron chi connectivity index (χ4n) is 4.13. The third-order valence-corrected chi connectivity index (χ3v) is 5.78. The van der Waals surface area contributed by atoms with E-state index in [0.717, 1.165) is 30.9 Å². The van der Waals surface area contributed by atoms with Crippen LogP contribution in [0.2, 0.25) is 0 Å². The molecule has 2 aromatic carbocycles. The van der Waals surface area contributed by atoms with Crippen molar-refractivity contribution in [2.45, 2.75) is 13.0 Å². The van der Waals surface area contributed by atoms with Crippen LogP contribution in [0.5, 0.6) is 5.75 Å². The van der Waals surface area contributed by atoms with Crippen molar-refractivity contribution >= 4 is 28.4 Å². The number of nitrogens with zero attached hydrogens (tertiary/aromatic N) is 4. The summed E-state index contributed by atoms with van der Waals surface area (Å²) in [7, 11) is 3.76. The number of pyridine rings is 1. The zero-order valence-corrected chi connectivity index (χ0v) is 18.0. The molecule has 1 aliphatic rings. The van der Waals surface area contributed by atoms with Gasteiger partial charge in [-0.05, 0) is 48.9 Å². The molecule has 0 saturated carbocycles. The summed E-state index contributed by atoms with van der Waals surface area (Å²) in [5, 5.41) is 3.89. The first-order chi connectivity index (χ1) is 15.5. The fourth-order valence-corrected chi connectivity index (χ4v) is 4.13. The number of rotatable bonds is 4. The van der Waals surface area contributed by atoms with Gasteiger partial charge in [0.05, 0.1) is 23.9 Å². The molecule has 3 N–H and O–H groups in total. The molecule has 1 aliphatic heterocycles. The van der Waals surface area contributed by atoms with Crippen LogP contribution in [0, 0.1) is 0 Å². The van der Waals surface area contributed by atoms with E-state index in [9.17, 15) is 4.79 Å². The quantitative estimate of drug-likeness (QED) is 0.515. The SMILES string of the molecule is COc1cc2c(cc1Nc1ncc3c(N)cc(=O)n(-c4ccccc4)c3n1)CN(C)CC2. The standard InChI is InChI=1S/C24H24N6O2/c1-29-9-8-15-11-21(32-2)20(10-16(15)14-29)27-24-26-13-18-19(25)12-22(31)30(23(18)28-24)17-6-4-3-5-7-17/h3-7,10-13H,8-9,14,25H2,1-2H3,(H,26,27,28). The number of anilines is 3. The molecule has 8 nitrogen and oxygen atoms in total. The number of aromatic nitrogens is 3. The first-order valence-corrected chi connectivity index (χ1v) is 10.4. The van der Waals surface area contributed by atoms with E-state index in [4.69, 9.17) is 10.5 Å². The highest BCUT2D eigenvalue weighted by atomic mass is 16.5. The average Bonchev–Trinajstić information content (AvgIpc) is 2.79. The second kappa shape index (κ2) is 7.97. The summed E-state index contributed by atoms with van der Waals surface area (Å²) in [6.45, 7) is 1.89. The van der Waals surface area contributed by atoms with E-state index >= 15 is 0 Å². The number of benzene rings is 2. The molecule has 32 heavy (non-hydrogen) atoms. The molecule has 2 aromatic heterocycles. The Morgan fingerprint density at radius 2 is 1.94 bits per heavy atom. The van der Waals surface area contributed by atoms with Crippen molar-refractivity contribution in [3.8, 4) is 11.4 Å². The van der Waals surface area contributed by atoms with Crippen LogP contribution in [0.3, 0.4) is 0 Å². The maximum absolute atomic E-state index is 12.8. The molecule has 0 aliphatic carbocycles.